The first-order valence-corrected chi connectivity index (χ1v) is 4.73. The molecule has 0 fully saturated rings. The Morgan fingerprint density at radius 3 is 2.29 bits per heavy atom. The minimum absolute atomic E-state index is 0.0401. The van der Waals surface area contributed by atoms with Crippen LogP contribution in [0, 0.1) is 10.1 Å². The van der Waals surface area contributed by atoms with Crippen molar-refractivity contribution >= 4 is 11.7 Å². The van der Waals surface area contributed by atoms with Crippen LogP contribution in [-0.4, -0.2) is 26.2 Å². The number of aromatic hydroxyl groups is 2. The summed E-state index contributed by atoms with van der Waals surface area (Å²) in [7, 11) is 0. The first-order valence-electron chi connectivity index (χ1n) is 4.73. The van der Waals surface area contributed by atoms with Crippen molar-refractivity contribution in [1.29, 1.82) is 0 Å². The lowest BCUT2D eigenvalue weighted by molar-refractivity contribution is -0.386. The number of carboxylic acids is 1. The maximum atomic E-state index is 10.8. The fourth-order valence-corrected chi connectivity index (χ4v) is 1.58. The molecule has 0 saturated heterocycles. The summed E-state index contributed by atoms with van der Waals surface area (Å²) < 4.78 is 0. The van der Waals surface area contributed by atoms with Crippen LogP contribution >= 0.6 is 0 Å². The van der Waals surface area contributed by atoms with Crippen molar-refractivity contribution in [3.63, 3.8) is 0 Å². The standard InChI is InChI=1S/C10H11NO6/c1-4(2)7-6(12)3-5(10(14)15)8(9(7)13)11(16)17/h3-4,12-13H,1-2H3,(H,14,15). The average molecular weight is 241 g/mol. The molecule has 0 aliphatic rings. The summed E-state index contributed by atoms with van der Waals surface area (Å²) in [5, 5.41) is 38.7. The molecule has 92 valence electrons. The van der Waals surface area contributed by atoms with E-state index in [4.69, 9.17) is 5.11 Å². The number of nitrogens with zero attached hydrogens (tertiary/aromatic N) is 1. The number of phenolic OH excluding ortho intramolecular Hbond substituents is 2. The van der Waals surface area contributed by atoms with Crippen LogP contribution < -0.4 is 0 Å². The first-order chi connectivity index (χ1) is 7.77. The zero-order valence-corrected chi connectivity index (χ0v) is 9.17. The lowest BCUT2D eigenvalue weighted by atomic mass is 9.97. The van der Waals surface area contributed by atoms with Gasteiger partial charge in [-0.25, -0.2) is 4.79 Å². The Bertz CT molecular complexity index is 494. The van der Waals surface area contributed by atoms with E-state index in [1.807, 2.05) is 0 Å². The minimum Gasteiger partial charge on any atom is -0.507 e. The van der Waals surface area contributed by atoms with Crippen molar-refractivity contribution in [3.8, 4) is 11.5 Å². The molecule has 0 aliphatic heterocycles. The van der Waals surface area contributed by atoms with E-state index in [0.29, 0.717) is 0 Å². The van der Waals surface area contributed by atoms with Crippen molar-refractivity contribution in [2.24, 2.45) is 0 Å². The number of aromatic carboxylic acids is 1. The minimum atomic E-state index is -1.59. The number of carbonyl (C=O) groups is 1. The summed E-state index contributed by atoms with van der Waals surface area (Å²) in [6.45, 7) is 3.22. The lowest BCUT2D eigenvalue weighted by Crippen LogP contribution is -2.05. The van der Waals surface area contributed by atoms with Gasteiger partial charge >= 0.3 is 11.7 Å². The predicted octanol–water partition coefficient (Wildman–Crippen LogP) is 1.83. The molecule has 1 rings (SSSR count). The highest BCUT2D eigenvalue weighted by molar-refractivity contribution is 5.95. The van der Waals surface area contributed by atoms with Gasteiger partial charge in [0.05, 0.1) is 4.92 Å². The van der Waals surface area contributed by atoms with E-state index < -0.39 is 33.6 Å². The van der Waals surface area contributed by atoms with Gasteiger partial charge in [-0.1, -0.05) is 13.8 Å². The fourth-order valence-electron chi connectivity index (χ4n) is 1.58. The van der Waals surface area contributed by atoms with Gasteiger partial charge in [0.1, 0.15) is 11.3 Å². The number of nitro benzene ring substituents is 1. The van der Waals surface area contributed by atoms with Gasteiger partial charge in [0.15, 0.2) is 0 Å². The third-order valence-electron chi connectivity index (χ3n) is 2.28. The number of nitro groups is 1. The van der Waals surface area contributed by atoms with E-state index in [2.05, 4.69) is 0 Å². The van der Waals surface area contributed by atoms with E-state index in [9.17, 15) is 25.1 Å². The number of rotatable bonds is 3. The Kier molecular flexibility index (Phi) is 3.21. The van der Waals surface area contributed by atoms with Crippen LogP contribution in [0.2, 0.25) is 0 Å². The molecule has 0 radical (unpaired) electrons. The monoisotopic (exact) mass is 241 g/mol. The smallest absolute Gasteiger partial charge is 0.343 e. The molecular weight excluding hydrogens is 230 g/mol. The molecule has 0 atom stereocenters. The second kappa shape index (κ2) is 4.28. The molecule has 0 aromatic heterocycles. The maximum Gasteiger partial charge on any atom is 0.343 e. The van der Waals surface area contributed by atoms with Crippen LogP contribution in [-0.2, 0) is 0 Å². The van der Waals surface area contributed by atoms with Crippen LogP contribution in [0.25, 0.3) is 0 Å². The first kappa shape index (κ1) is 12.8. The van der Waals surface area contributed by atoms with E-state index in [1.165, 1.54) is 0 Å². The van der Waals surface area contributed by atoms with Gasteiger partial charge in [-0.3, -0.25) is 10.1 Å². The van der Waals surface area contributed by atoms with Crippen molar-refractivity contribution in [3.05, 3.63) is 27.3 Å². The Morgan fingerprint density at radius 1 is 1.41 bits per heavy atom. The number of carboxylic acid groups (broad SMARTS) is 1. The predicted molar refractivity (Wildman–Crippen MR) is 57.5 cm³/mol. The Morgan fingerprint density at radius 2 is 1.94 bits per heavy atom. The molecular formula is C10H11NO6. The Labute approximate surface area is 96.1 Å². The summed E-state index contributed by atoms with van der Waals surface area (Å²) in [4.78, 5) is 20.5. The van der Waals surface area contributed by atoms with Gasteiger partial charge in [0.2, 0.25) is 5.75 Å². The van der Waals surface area contributed by atoms with Crippen molar-refractivity contribution in [1.82, 2.24) is 0 Å². The zero-order chi connectivity index (χ0) is 13.3. The summed E-state index contributed by atoms with van der Waals surface area (Å²) >= 11 is 0. The number of hydrogen-bond donors (Lipinski definition) is 3. The molecule has 3 N–H and O–H groups in total. The molecule has 0 bridgehead atoms. The molecule has 0 aliphatic carbocycles. The van der Waals surface area contributed by atoms with Crippen LogP contribution in [0.15, 0.2) is 6.07 Å². The highest BCUT2D eigenvalue weighted by Gasteiger charge is 2.30. The van der Waals surface area contributed by atoms with Gasteiger partial charge in [-0.05, 0) is 5.92 Å². The lowest BCUT2D eigenvalue weighted by Gasteiger charge is -2.12. The van der Waals surface area contributed by atoms with Crippen LogP contribution in [0.1, 0.15) is 35.7 Å². The summed E-state index contributed by atoms with van der Waals surface area (Å²) in [6, 6.07) is 0.773. The van der Waals surface area contributed by atoms with E-state index in [-0.39, 0.29) is 11.5 Å². The normalized spacial score (nSPS) is 10.5. The molecule has 0 heterocycles. The zero-order valence-electron chi connectivity index (χ0n) is 9.17. The fraction of sp³-hybridized carbons (Fsp3) is 0.300. The van der Waals surface area contributed by atoms with E-state index >= 15 is 0 Å². The molecule has 1 aromatic rings. The highest BCUT2D eigenvalue weighted by Crippen LogP contribution is 2.42. The van der Waals surface area contributed by atoms with E-state index in [0.717, 1.165) is 6.07 Å². The van der Waals surface area contributed by atoms with Crippen molar-refractivity contribution in [2.45, 2.75) is 19.8 Å². The number of hydrogen-bond acceptors (Lipinski definition) is 5. The van der Waals surface area contributed by atoms with Gasteiger partial charge in [-0.15, -0.1) is 0 Å². The van der Waals surface area contributed by atoms with E-state index in [1.54, 1.807) is 13.8 Å². The molecule has 7 heteroatoms. The maximum absolute atomic E-state index is 10.8. The van der Waals surface area contributed by atoms with Gasteiger partial charge in [0, 0.05) is 11.6 Å². The molecule has 0 amide bonds. The SMILES string of the molecule is CC(C)c1c(O)cc(C(=O)O)c([N+](=O)[O-])c1O. The molecule has 7 nitrogen and oxygen atoms in total. The second-order valence-corrected chi connectivity index (χ2v) is 3.77. The van der Waals surface area contributed by atoms with Gasteiger partial charge in [0.25, 0.3) is 0 Å². The Balaban J connectivity index is 3.70. The van der Waals surface area contributed by atoms with Crippen molar-refractivity contribution in [2.75, 3.05) is 0 Å². The number of phenols is 2. The second-order valence-electron chi connectivity index (χ2n) is 3.77. The van der Waals surface area contributed by atoms with Gasteiger partial charge in [-0.2, -0.15) is 0 Å². The molecule has 0 spiro atoms. The van der Waals surface area contributed by atoms with Crippen molar-refractivity contribution < 1.29 is 25.0 Å². The average Bonchev–Trinajstić information content (AvgIpc) is 2.14. The molecule has 0 saturated carbocycles. The summed E-state index contributed by atoms with van der Waals surface area (Å²) in [6.07, 6.45) is 0. The van der Waals surface area contributed by atoms with Crippen LogP contribution in [0.3, 0.4) is 0 Å². The quantitative estimate of drug-likeness (QED) is 0.548. The van der Waals surface area contributed by atoms with Crippen LogP contribution in [0.4, 0.5) is 5.69 Å². The topological polar surface area (TPSA) is 121 Å². The van der Waals surface area contributed by atoms with Crippen LogP contribution in [0.5, 0.6) is 11.5 Å². The molecule has 1 aromatic carbocycles. The molecule has 0 unspecified atom stereocenters. The summed E-state index contributed by atoms with van der Waals surface area (Å²) in [5.41, 5.74) is -1.69. The molecule has 17 heavy (non-hydrogen) atoms. The largest absolute Gasteiger partial charge is 0.507 e. The Hall–Kier alpha value is -2.31. The third-order valence-corrected chi connectivity index (χ3v) is 2.28. The third kappa shape index (κ3) is 2.12. The van der Waals surface area contributed by atoms with Gasteiger partial charge < -0.3 is 15.3 Å². The summed E-state index contributed by atoms with van der Waals surface area (Å²) in [5.74, 6) is -3.24. The highest BCUT2D eigenvalue weighted by atomic mass is 16.6. The number of benzene rings is 1.